The summed E-state index contributed by atoms with van der Waals surface area (Å²) < 4.78 is 4.28. The van der Waals surface area contributed by atoms with E-state index in [1.54, 1.807) is 0 Å². The first-order valence-corrected chi connectivity index (χ1v) is 8.60. The number of imidazole rings is 2. The Morgan fingerprint density at radius 1 is 1.26 bits per heavy atom. The van der Waals surface area contributed by atoms with Gasteiger partial charge in [-0.25, -0.2) is 9.97 Å². The fourth-order valence-electron chi connectivity index (χ4n) is 3.27. The summed E-state index contributed by atoms with van der Waals surface area (Å²) in [6.07, 6.45) is 19.3. The molecule has 0 radical (unpaired) electrons. The van der Waals surface area contributed by atoms with Gasteiger partial charge in [0.2, 0.25) is 0 Å². The molecule has 0 saturated carbocycles. The molecule has 3 rings (SSSR count). The van der Waals surface area contributed by atoms with Crippen LogP contribution in [0.25, 0.3) is 0 Å². The van der Waals surface area contributed by atoms with E-state index >= 15 is 0 Å². The van der Waals surface area contributed by atoms with Gasteiger partial charge in [-0.2, -0.15) is 0 Å². The minimum atomic E-state index is 0.786. The Morgan fingerprint density at radius 3 is 2.91 bits per heavy atom. The maximum atomic E-state index is 4.50. The first-order valence-electron chi connectivity index (χ1n) is 8.60. The van der Waals surface area contributed by atoms with Gasteiger partial charge in [-0.3, -0.25) is 4.90 Å². The van der Waals surface area contributed by atoms with Gasteiger partial charge in [-0.15, -0.1) is 0 Å². The molecule has 5 heteroatoms. The molecule has 23 heavy (non-hydrogen) atoms. The Labute approximate surface area is 138 Å². The second-order valence-corrected chi connectivity index (χ2v) is 6.49. The highest BCUT2D eigenvalue weighted by Gasteiger charge is 2.16. The molecule has 2 aromatic rings. The Bertz CT molecular complexity index is 599. The number of nitrogens with zero attached hydrogens (tertiary/aromatic N) is 5. The van der Waals surface area contributed by atoms with Crippen LogP contribution in [0.5, 0.6) is 0 Å². The molecule has 1 aliphatic rings. The summed E-state index contributed by atoms with van der Waals surface area (Å²) in [5.74, 6) is 1.94. The summed E-state index contributed by atoms with van der Waals surface area (Å²) in [5, 5.41) is 0. The maximum absolute atomic E-state index is 4.50. The maximum Gasteiger partial charge on any atom is 0.122 e. The van der Waals surface area contributed by atoms with Gasteiger partial charge in [-0.05, 0) is 31.6 Å². The Hall–Kier alpha value is -1.88. The van der Waals surface area contributed by atoms with Crippen molar-refractivity contribution in [2.24, 2.45) is 13.0 Å². The van der Waals surface area contributed by atoms with Crippen molar-refractivity contribution in [2.45, 2.75) is 38.8 Å². The first-order chi connectivity index (χ1) is 11.3. The van der Waals surface area contributed by atoms with Crippen molar-refractivity contribution >= 4 is 0 Å². The third-order valence-corrected chi connectivity index (χ3v) is 4.63. The molecule has 0 spiro atoms. The second-order valence-electron chi connectivity index (χ2n) is 6.49. The number of hydrogen-bond acceptors (Lipinski definition) is 3. The molecule has 0 fully saturated rings. The average molecular weight is 313 g/mol. The van der Waals surface area contributed by atoms with Crippen molar-refractivity contribution in [1.82, 2.24) is 24.0 Å². The summed E-state index contributed by atoms with van der Waals surface area (Å²) in [5.41, 5.74) is 0. The zero-order chi connectivity index (χ0) is 15.9. The van der Waals surface area contributed by atoms with Crippen LogP contribution in [0.1, 0.15) is 31.5 Å². The van der Waals surface area contributed by atoms with E-state index in [-0.39, 0.29) is 0 Å². The monoisotopic (exact) mass is 313 g/mol. The Morgan fingerprint density at radius 2 is 2.22 bits per heavy atom. The van der Waals surface area contributed by atoms with Crippen LogP contribution < -0.4 is 0 Å². The highest BCUT2D eigenvalue weighted by Crippen LogP contribution is 2.20. The molecule has 1 unspecified atom stereocenters. The number of rotatable bonds is 8. The molecule has 0 saturated heterocycles. The van der Waals surface area contributed by atoms with Gasteiger partial charge in [0.05, 0.1) is 12.9 Å². The van der Waals surface area contributed by atoms with E-state index in [9.17, 15) is 0 Å². The number of aromatic nitrogens is 4. The van der Waals surface area contributed by atoms with Gasteiger partial charge in [0, 0.05) is 51.5 Å². The third-order valence-electron chi connectivity index (χ3n) is 4.63. The molecule has 0 bridgehead atoms. The summed E-state index contributed by atoms with van der Waals surface area (Å²) in [4.78, 5) is 11.2. The van der Waals surface area contributed by atoms with E-state index in [0.29, 0.717) is 0 Å². The molecule has 0 amide bonds. The van der Waals surface area contributed by atoms with E-state index < -0.39 is 0 Å². The third kappa shape index (κ3) is 4.79. The van der Waals surface area contributed by atoms with Crippen molar-refractivity contribution in [3.8, 4) is 0 Å². The van der Waals surface area contributed by atoms with Crippen molar-refractivity contribution in [2.75, 3.05) is 13.1 Å². The first kappa shape index (κ1) is 16.0. The largest absolute Gasteiger partial charge is 0.337 e. The van der Waals surface area contributed by atoms with E-state index in [2.05, 4.69) is 43.2 Å². The van der Waals surface area contributed by atoms with Gasteiger partial charge in [0.15, 0.2) is 0 Å². The van der Waals surface area contributed by atoms with Gasteiger partial charge in [0.25, 0.3) is 0 Å². The van der Waals surface area contributed by atoms with Crippen LogP contribution in [0.15, 0.2) is 43.3 Å². The molecule has 124 valence electrons. The number of hydrogen-bond donors (Lipinski definition) is 0. The summed E-state index contributed by atoms with van der Waals surface area (Å²) in [6.45, 7) is 4.24. The quantitative estimate of drug-likeness (QED) is 0.704. The Balaban J connectivity index is 1.55. The summed E-state index contributed by atoms with van der Waals surface area (Å²) >= 11 is 0. The minimum Gasteiger partial charge on any atom is -0.337 e. The van der Waals surface area contributed by atoms with Crippen molar-refractivity contribution in [1.29, 1.82) is 0 Å². The fraction of sp³-hybridized carbons (Fsp3) is 0.556. The molecule has 0 aromatic carbocycles. The summed E-state index contributed by atoms with van der Waals surface area (Å²) in [6, 6.07) is 0. The predicted molar refractivity (Wildman–Crippen MR) is 91.8 cm³/mol. The van der Waals surface area contributed by atoms with Crippen LogP contribution in [0.3, 0.4) is 0 Å². The molecule has 0 aliphatic heterocycles. The molecule has 2 aromatic heterocycles. The highest BCUT2D eigenvalue weighted by atomic mass is 15.2. The predicted octanol–water partition coefficient (Wildman–Crippen LogP) is 2.87. The van der Waals surface area contributed by atoms with Crippen LogP contribution in [-0.2, 0) is 20.1 Å². The van der Waals surface area contributed by atoms with Crippen molar-refractivity contribution in [3.05, 3.63) is 49.1 Å². The second kappa shape index (κ2) is 8.11. The highest BCUT2D eigenvalue weighted by molar-refractivity contribution is 4.93. The minimum absolute atomic E-state index is 0.786. The van der Waals surface area contributed by atoms with Crippen LogP contribution in [0, 0.1) is 5.92 Å². The summed E-state index contributed by atoms with van der Waals surface area (Å²) in [7, 11) is 2.08. The van der Waals surface area contributed by atoms with Gasteiger partial charge in [-0.1, -0.05) is 12.2 Å². The van der Waals surface area contributed by atoms with Gasteiger partial charge >= 0.3 is 0 Å². The van der Waals surface area contributed by atoms with Gasteiger partial charge < -0.3 is 9.13 Å². The smallest absolute Gasteiger partial charge is 0.122 e. The van der Waals surface area contributed by atoms with Crippen molar-refractivity contribution in [3.63, 3.8) is 0 Å². The standard InChI is InChI=1S/C18H27N5/c1-21-12-9-20-18(21)15-23(14-17-6-3-2-4-7-17)11-5-10-22-13-8-19-16-22/h2-3,8-9,12-13,16-17H,4-7,10-11,14-15H2,1H3. The topological polar surface area (TPSA) is 38.9 Å². The zero-order valence-corrected chi connectivity index (χ0v) is 14.0. The van der Waals surface area contributed by atoms with Crippen LogP contribution >= 0.6 is 0 Å². The molecule has 5 nitrogen and oxygen atoms in total. The molecule has 0 N–H and O–H groups in total. The van der Waals surface area contributed by atoms with Crippen LogP contribution in [0.2, 0.25) is 0 Å². The Kier molecular flexibility index (Phi) is 5.64. The van der Waals surface area contributed by atoms with E-state index in [4.69, 9.17) is 0 Å². The molecular weight excluding hydrogens is 286 g/mol. The fourth-order valence-corrected chi connectivity index (χ4v) is 3.27. The molecule has 1 atom stereocenters. The normalized spacial score (nSPS) is 17.9. The van der Waals surface area contributed by atoms with Crippen LogP contribution in [-0.4, -0.2) is 37.1 Å². The number of allylic oxidation sites excluding steroid dienone is 2. The lowest BCUT2D eigenvalue weighted by molar-refractivity contribution is 0.203. The van der Waals surface area contributed by atoms with Gasteiger partial charge in [0.1, 0.15) is 5.82 Å². The number of aryl methyl sites for hydroxylation is 2. The van der Waals surface area contributed by atoms with Crippen LogP contribution in [0.4, 0.5) is 0 Å². The molecule has 2 heterocycles. The average Bonchev–Trinajstić information content (AvgIpc) is 3.21. The molecule has 1 aliphatic carbocycles. The van der Waals surface area contributed by atoms with Crippen molar-refractivity contribution < 1.29 is 0 Å². The lowest BCUT2D eigenvalue weighted by Gasteiger charge is -2.28. The molecular formula is C18H27N5. The SMILES string of the molecule is Cn1ccnc1CN(CCCn1ccnc1)CC1CC=CCC1. The van der Waals surface area contributed by atoms with E-state index in [1.807, 2.05) is 31.1 Å². The lowest BCUT2D eigenvalue weighted by atomic mass is 9.94. The van der Waals surface area contributed by atoms with E-state index in [1.165, 1.54) is 25.8 Å². The lowest BCUT2D eigenvalue weighted by Crippen LogP contribution is -2.32. The van der Waals surface area contributed by atoms with E-state index in [0.717, 1.165) is 37.8 Å². The zero-order valence-electron chi connectivity index (χ0n) is 14.0.